The van der Waals surface area contributed by atoms with Gasteiger partial charge in [-0.25, -0.2) is 0 Å². The molecular formula is C18H35NO6. The first-order valence-electron chi connectivity index (χ1n) is 9.11. The van der Waals surface area contributed by atoms with Gasteiger partial charge < -0.3 is 30.5 Å². The molecule has 1 unspecified atom stereocenters. The monoisotopic (exact) mass is 361 g/mol. The molecule has 148 valence electrons. The summed E-state index contributed by atoms with van der Waals surface area (Å²) >= 11 is 0. The number of aliphatic hydroxyl groups is 3. The number of aliphatic hydroxyl groups excluding tert-OH is 2. The smallest absolute Gasteiger partial charge is 0.189 e. The average molecular weight is 361 g/mol. The molecule has 5 N–H and O–H groups in total. The third kappa shape index (κ3) is 6.27. The van der Waals surface area contributed by atoms with Gasteiger partial charge in [0.15, 0.2) is 12.1 Å². The molecule has 7 nitrogen and oxygen atoms in total. The van der Waals surface area contributed by atoms with Crippen LogP contribution in [-0.4, -0.2) is 64.0 Å². The molecule has 1 rings (SSSR count). The van der Waals surface area contributed by atoms with Gasteiger partial charge in [0.2, 0.25) is 0 Å². The van der Waals surface area contributed by atoms with E-state index in [0.717, 1.165) is 0 Å². The molecule has 1 fully saturated rings. The lowest BCUT2D eigenvalue weighted by Crippen LogP contribution is -2.53. The van der Waals surface area contributed by atoms with Crippen LogP contribution in [0.3, 0.4) is 0 Å². The third-order valence-corrected chi connectivity index (χ3v) is 4.77. The van der Waals surface area contributed by atoms with Crippen molar-refractivity contribution in [3.8, 4) is 0 Å². The lowest BCUT2D eigenvalue weighted by Gasteiger charge is -2.40. The van der Waals surface area contributed by atoms with Crippen LogP contribution in [0, 0.1) is 11.8 Å². The lowest BCUT2D eigenvalue weighted by molar-refractivity contribution is -0.249. The SMILES string of the molecule is CC(C)C[C@](O)(C[C@H](O[C@H]1C[C@@H](N)[C@@H](O)C(C)O1)C(C)C)C(=O)CO. The second-order valence-electron chi connectivity index (χ2n) is 7.99. The Morgan fingerprint density at radius 2 is 1.92 bits per heavy atom. The van der Waals surface area contributed by atoms with Gasteiger partial charge in [-0.3, -0.25) is 4.79 Å². The van der Waals surface area contributed by atoms with E-state index in [-0.39, 0.29) is 24.7 Å². The van der Waals surface area contributed by atoms with Crippen LogP contribution in [-0.2, 0) is 14.3 Å². The molecule has 1 aliphatic heterocycles. The van der Waals surface area contributed by atoms with Crippen molar-refractivity contribution < 1.29 is 29.6 Å². The predicted octanol–water partition coefficient (Wildman–Crippen LogP) is 0.579. The maximum atomic E-state index is 12.1. The molecule has 0 aliphatic carbocycles. The summed E-state index contributed by atoms with van der Waals surface area (Å²) in [6.45, 7) is 8.72. The Balaban J connectivity index is 2.86. The maximum absolute atomic E-state index is 12.1. The van der Waals surface area contributed by atoms with Crippen molar-refractivity contribution in [3.63, 3.8) is 0 Å². The normalized spacial score (nSPS) is 31.2. The fourth-order valence-corrected chi connectivity index (χ4v) is 3.28. The highest BCUT2D eigenvalue weighted by Crippen LogP contribution is 2.30. The number of hydrogen-bond donors (Lipinski definition) is 4. The Morgan fingerprint density at radius 3 is 2.36 bits per heavy atom. The second kappa shape index (κ2) is 9.39. The number of carbonyl (C=O) groups is 1. The van der Waals surface area contributed by atoms with Crippen molar-refractivity contribution in [2.24, 2.45) is 17.6 Å². The highest BCUT2D eigenvalue weighted by Gasteiger charge is 2.41. The van der Waals surface area contributed by atoms with E-state index in [1.807, 2.05) is 27.7 Å². The Bertz CT molecular complexity index is 418. The number of ether oxygens (including phenoxy) is 2. The molecule has 0 bridgehead atoms. The van der Waals surface area contributed by atoms with Gasteiger partial charge in [0.05, 0.1) is 18.3 Å². The van der Waals surface area contributed by atoms with E-state index in [4.69, 9.17) is 15.2 Å². The van der Waals surface area contributed by atoms with Crippen LogP contribution in [0.1, 0.15) is 53.9 Å². The van der Waals surface area contributed by atoms with Crippen LogP contribution in [0.4, 0.5) is 0 Å². The minimum atomic E-state index is -1.64. The van der Waals surface area contributed by atoms with Crippen molar-refractivity contribution in [3.05, 3.63) is 0 Å². The van der Waals surface area contributed by atoms with Crippen LogP contribution < -0.4 is 5.73 Å². The van der Waals surface area contributed by atoms with E-state index in [0.29, 0.717) is 6.42 Å². The van der Waals surface area contributed by atoms with E-state index in [1.165, 1.54) is 0 Å². The van der Waals surface area contributed by atoms with Crippen molar-refractivity contribution >= 4 is 5.78 Å². The van der Waals surface area contributed by atoms with Gasteiger partial charge in [0, 0.05) is 18.9 Å². The Labute approximate surface area is 150 Å². The van der Waals surface area contributed by atoms with Crippen LogP contribution in [0.5, 0.6) is 0 Å². The summed E-state index contributed by atoms with van der Waals surface area (Å²) in [6.07, 6.45) is -1.58. The summed E-state index contributed by atoms with van der Waals surface area (Å²) in [4.78, 5) is 12.1. The largest absolute Gasteiger partial charge is 0.389 e. The highest BCUT2D eigenvalue weighted by atomic mass is 16.7. The molecule has 7 heteroatoms. The van der Waals surface area contributed by atoms with Gasteiger partial charge in [0.1, 0.15) is 12.2 Å². The van der Waals surface area contributed by atoms with Crippen LogP contribution in [0.25, 0.3) is 0 Å². The van der Waals surface area contributed by atoms with Crippen molar-refractivity contribution in [1.29, 1.82) is 0 Å². The first kappa shape index (κ1) is 22.5. The van der Waals surface area contributed by atoms with Crippen molar-refractivity contribution in [2.45, 2.75) is 90.1 Å². The fourth-order valence-electron chi connectivity index (χ4n) is 3.28. The molecule has 1 heterocycles. The van der Waals surface area contributed by atoms with E-state index in [1.54, 1.807) is 6.92 Å². The number of Topliss-reactive ketones (excluding diaryl/α,β-unsaturated/α-hetero) is 1. The summed E-state index contributed by atoms with van der Waals surface area (Å²) in [5.41, 5.74) is 4.29. The molecule has 0 aromatic rings. The molecule has 1 aliphatic rings. The Hall–Kier alpha value is -0.570. The predicted molar refractivity (Wildman–Crippen MR) is 93.8 cm³/mol. The number of nitrogens with two attached hydrogens (primary N) is 1. The van der Waals surface area contributed by atoms with Gasteiger partial charge in [-0.2, -0.15) is 0 Å². The molecule has 0 aromatic heterocycles. The van der Waals surface area contributed by atoms with E-state index in [9.17, 15) is 20.1 Å². The molecule has 6 atom stereocenters. The molecular weight excluding hydrogens is 326 g/mol. The summed E-state index contributed by atoms with van der Waals surface area (Å²) in [5.74, 6) is -0.490. The minimum absolute atomic E-state index is 0.0205. The van der Waals surface area contributed by atoms with Crippen LogP contribution >= 0.6 is 0 Å². The molecule has 25 heavy (non-hydrogen) atoms. The third-order valence-electron chi connectivity index (χ3n) is 4.77. The molecule has 0 saturated carbocycles. The zero-order valence-electron chi connectivity index (χ0n) is 16.0. The summed E-state index contributed by atoms with van der Waals surface area (Å²) in [7, 11) is 0. The van der Waals surface area contributed by atoms with Gasteiger partial charge >= 0.3 is 0 Å². The number of carbonyl (C=O) groups excluding carboxylic acids is 1. The standard InChI is InChI=1S/C18H35NO6/c1-10(2)7-18(23,15(21)9-20)8-14(11(3)4)25-16-6-13(19)17(22)12(5)24-16/h10-14,16-17,20,22-23H,6-9,19H2,1-5H3/t12?,13-,14+,16+,17+,18+/m1/s1. The maximum Gasteiger partial charge on any atom is 0.189 e. The topological polar surface area (TPSA) is 122 Å². The molecule has 0 radical (unpaired) electrons. The average Bonchev–Trinajstić information content (AvgIpc) is 2.50. The molecule has 1 saturated heterocycles. The minimum Gasteiger partial charge on any atom is -0.389 e. The second-order valence-corrected chi connectivity index (χ2v) is 7.99. The zero-order valence-corrected chi connectivity index (χ0v) is 16.0. The molecule has 0 aromatic carbocycles. The number of ketones is 1. The summed E-state index contributed by atoms with van der Waals surface area (Å²) < 4.78 is 11.7. The van der Waals surface area contributed by atoms with Gasteiger partial charge in [-0.15, -0.1) is 0 Å². The van der Waals surface area contributed by atoms with Crippen LogP contribution in [0.2, 0.25) is 0 Å². The number of hydrogen-bond acceptors (Lipinski definition) is 7. The van der Waals surface area contributed by atoms with Crippen molar-refractivity contribution in [2.75, 3.05) is 6.61 Å². The summed E-state index contributed by atoms with van der Waals surface area (Å²) in [6, 6.07) is -0.449. The quantitative estimate of drug-likeness (QED) is 0.474. The first-order valence-corrected chi connectivity index (χ1v) is 9.11. The van der Waals surface area contributed by atoms with E-state index in [2.05, 4.69) is 0 Å². The first-order chi connectivity index (χ1) is 11.5. The van der Waals surface area contributed by atoms with E-state index < -0.39 is 48.6 Å². The summed E-state index contributed by atoms with van der Waals surface area (Å²) in [5, 5.41) is 30.0. The highest BCUT2D eigenvalue weighted by molar-refractivity contribution is 5.88. The van der Waals surface area contributed by atoms with E-state index >= 15 is 0 Å². The fraction of sp³-hybridized carbons (Fsp3) is 0.944. The Kier molecular flexibility index (Phi) is 8.44. The van der Waals surface area contributed by atoms with Crippen LogP contribution in [0.15, 0.2) is 0 Å². The lowest BCUT2D eigenvalue weighted by atomic mass is 9.81. The van der Waals surface area contributed by atoms with Gasteiger partial charge in [-0.1, -0.05) is 27.7 Å². The molecule has 0 spiro atoms. The van der Waals surface area contributed by atoms with Gasteiger partial charge in [0.25, 0.3) is 0 Å². The molecule has 0 amide bonds. The van der Waals surface area contributed by atoms with Crippen molar-refractivity contribution in [1.82, 2.24) is 0 Å². The van der Waals surface area contributed by atoms with Gasteiger partial charge in [-0.05, 0) is 25.2 Å². The zero-order chi connectivity index (χ0) is 19.4. The number of rotatable bonds is 9. The Morgan fingerprint density at radius 1 is 1.32 bits per heavy atom.